The molecule has 0 bridgehead atoms. The summed E-state index contributed by atoms with van der Waals surface area (Å²) in [6.07, 6.45) is 10.9. The summed E-state index contributed by atoms with van der Waals surface area (Å²) in [7, 11) is 0. The van der Waals surface area contributed by atoms with Crippen LogP contribution in [-0.2, 0) is 13.1 Å². The number of imidazole rings is 1. The van der Waals surface area contributed by atoms with Crippen molar-refractivity contribution < 1.29 is 0 Å². The molecular weight excluding hydrogens is 434 g/mol. The number of aromatic nitrogens is 5. The van der Waals surface area contributed by atoms with Crippen molar-refractivity contribution in [2.45, 2.75) is 97.7 Å². The lowest BCUT2D eigenvalue weighted by Crippen LogP contribution is -2.31. The maximum absolute atomic E-state index is 6.01. The van der Waals surface area contributed by atoms with Crippen LogP contribution in [0.15, 0.2) is 18.3 Å². The maximum atomic E-state index is 6.01. The Bertz CT molecular complexity index is 1160. The highest BCUT2D eigenvalue weighted by molar-refractivity contribution is 5.87. The van der Waals surface area contributed by atoms with Crippen LogP contribution in [0.5, 0.6) is 0 Å². The Labute approximate surface area is 209 Å². The molecule has 0 amide bonds. The Hall–Kier alpha value is -2.54. The Morgan fingerprint density at radius 2 is 1.83 bits per heavy atom. The molecule has 3 aromatic rings. The van der Waals surface area contributed by atoms with E-state index >= 15 is 0 Å². The monoisotopic (exact) mass is 475 g/mol. The van der Waals surface area contributed by atoms with Gasteiger partial charge in [-0.05, 0) is 74.0 Å². The van der Waals surface area contributed by atoms with Gasteiger partial charge in [0.05, 0.1) is 6.54 Å². The molecule has 1 atom stereocenters. The number of rotatable bonds is 8. The number of anilines is 1. The van der Waals surface area contributed by atoms with Crippen molar-refractivity contribution in [2.24, 2.45) is 23.5 Å². The number of nitrogens with zero attached hydrogens (tertiary/aromatic N) is 5. The van der Waals surface area contributed by atoms with E-state index in [1.807, 2.05) is 6.20 Å². The molecule has 3 aromatic heterocycles. The molecular formula is C28H41N7. The van der Waals surface area contributed by atoms with E-state index in [1.54, 1.807) is 0 Å². The summed E-state index contributed by atoms with van der Waals surface area (Å²) >= 11 is 0. The van der Waals surface area contributed by atoms with Crippen molar-refractivity contribution in [1.29, 1.82) is 0 Å². The van der Waals surface area contributed by atoms with E-state index in [0.717, 1.165) is 41.0 Å². The lowest BCUT2D eigenvalue weighted by atomic mass is 9.80. The summed E-state index contributed by atoms with van der Waals surface area (Å²) in [5, 5.41) is 3.75. The normalized spacial score (nSPS) is 21.9. The number of hydrogen-bond acceptors (Lipinski definition) is 6. The molecule has 5 rings (SSSR count). The van der Waals surface area contributed by atoms with Gasteiger partial charge in [0.15, 0.2) is 17.3 Å². The van der Waals surface area contributed by atoms with Crippen molar-refractivity contribution in [3.05, 3.63) is 29.7 Å². The fourth-order valence-electron chi connectivity index (χ4n) is 5.62. The Kier molecular flexibility index (Phi) is 7.05. The third-order valence-corrected chi connectivity index (χ3v) is 8.31. The summed E-state index contributed by atoms with van der Waals surface area (Å²) in [4.78, 5) is 19.5. The molecule has 2 fully saturated rings. The van der Waals surface area contributed by atoms with Gasteiger partial charge in [0, 0.05) is 18.8 Å². The van der Waals surface area contributed by atoms with Crippen LogP contribution in [0.1, 0.15) is 89.9 Å². The average molecular weight is 476 g/mol. The first kappa shape index (κ1) is 24.2. The van der Waals surface area contributed by atoms with E-state index in [9.17, 15) is 0 Å². The van der Waals surface area contributed by atoms with Crippen LogP contribution in [0.2, 0.25) is 0 Å². The molecule has 3 N–H and O–H groups in total. The number of hydrogen-bond donors (Lipinski definition) is 2. The molecule has 7 nitrogen and oxygen atoms in total. The Balaban J connectivity index is 1.63. The van der Waals surface area contributed by atoms with Gasteiger partial charge in [-0.3, -0.25) is 4.98 Å². The van der Waals surface area contributed by atoms with Gasteiger partial charge in [0.25, 0.3) is 0 Å². The van der Waals surface area contributed by atoms with E-state index < -0.39 is 0 Å². The molecule has 0 unspecified atom stereocenters. The largest absolute Gasteiger partial charge is 0.365 e. The predicted octanol–water partition coefficient (Wildman–Crippen LogP) is 5.90. The smallest absolute Gasteiger partial charge is 0.184 e. The minimum Gasteiger partial charge on any atom is -0.365 e. The van der Waals surface area contributed by atoms with Gasteiger partial charge < -0.3 is 15.6 Å². The molecule has 2 aliphatic carbocycles. The zero-order valence-corrected chi connectivity index (χ0v) is 21.8. The molecule has 2 aliphatic rings. The molecule has 0 aliphatic heterocycles. The standard InChI is InChI=1S/C28H41N7/c1-17(2)22-12-13-30-23(14-22)28-34-27-25(35(28)16-20-10-8-18(3)9-11-20)26(32-24(15-29)33-27)31-19(4)21-6-5-7-21/h12-14,17-21H,5-11,15-16,29H2,1-4H3,(H,31,32,33)/t18?,19-,20?/m1/s1. The van der Waals surface area contributed by atoms with Gasteiger partial charge in [0.1, 0.15) is 17.0 Å². The number of fused-ring (bicyclic) bond motifs is 1. The molecule has 2 saturated carbocycles. The number of nitrogens with one attached hydrogen (secondary N) is 1. The second-order valence-electron chi connectivity index (χ2n) is 11.3. The fourth-order valence-corrected chi connectivity index (χ4v) is 5.62. The first-order chi connectivity index (χ1) is 16.9. The van der Waals surface area contributed by atoms with Crippen molar-refractivity contribution >= 4 is 17.0 Å². The van der Waals surface area contributed by atoms with Crippen LogP contribution in [0.25, 0.3) is 22.7 Å². The quantitative estimate of drug-likeness (QED) is 0.421. The molecule has 0 spiro atoms. The second kappa shape index (κ2) is 10.2. The van der Waals surface area contributed by atoms with Crippen LogP contribution in [-0.4, -0.2) is 30.5 Å². The van der Waals surface area contributed by atoms with Crippen LogP contribution in [0.3, 0.4) is 0 Å². The third kappa shape index (κ3) is 5.06. The van der Waals surface area contributed by atoms with Gasteiger partial charge in [-0.25, -0.2) is 15.0 Å². The lowest BCUT2D eigenvalue weighted by Gasteiger charge is -2.32. The molecule has 0 aromatic carbocycles. The first-order valence-corrected chi connectivity index (χ1v) is 13.6. The van der Waals surface area contributed by atoms with E-state index in [4.69, 9.17) is 25.7 Å². The predicted molar refractivity (Wildman–Crippen MR) is 142 cm³/mol. The van der Waals surface area contributed by atoms with E-state index in [0.29, 0.717) is 36.2 Å². The van der Waals surface area contributed by atoms with Gasteiger partial charge in [-0.1, -0.05) is 40.0 Å². The SMILES string of the molecule is CC1CCC(Cn2c(-c3cc(C(C)C)ccn3)nc3nc(CN)nc(N[C@H](C)C4CCC4)c32)CC1. The molecule has 0 radical (unpaired) electrons. The third-order valence-electron chi connectivity index (χ3n) is 8.31. The molecule has 188 valence electrons. The summed E-state index contributed by atoms with van der Waals surface area (Å²) in [5.74, 6) is 4.97. The van der Waals surface area contributed by atoms with Gasteiger partial charge in [0.2, 0.25) is 0 Å². The summed E-state index contributed by atoms with van der Waals surface area (Å²) in [6.45, 7) is 10.3. The van der Waals surface area contributed by atoms with Gasteiger partial charge in [-0.15, -0.1) is 0 Å². The minimum atomic E-state index is 0.298. The molecule has 35 heavy (non-hydrogen) atoms. The van der Waals surface area contributed by atoms with Crippen LogP contribution >= 0.6 is 0 Å². The zero-order chi connectivity index (χ0) is 24.5. The fraction of sp³-hybridized carbons (Fsp3) is 0.643. The second-order valence-corrected chi connectivity index (χ2v) is 11.3. The Morgan fingerprint density at radius 3 is 2.49 bits per heavy atom. The summed E-state index contributed by atoms with van der Waals surface area (Å²) in [5.41, 5.74) is 9.91. The molecule has 7 heteroatoms. The van der Waals surface area contributed by atoms with E-state index in [-0.39, 0.29) is 0 Å². The van der Waals surface area contributed by atoms with Crippen LogP contribution < -0.4 is 11.1 Å². The minimum absolute atomic E-state index is 0.298. The number of pyridine rings is 1. The average Bonchev–Trinajstić information content (AvgIpc) is 3.17. The first-order valence-electron chi connectivity index (χ1n) is 13.6. The number of nitrogens with two attached hydrogens (primary N) is 1. The van der Waals surface area contributed by atoms with Crippen molar-refractivity contribution in [1.82, 2.24) is 24.5 Å². The zero-order valence-electron chi connectivity index (χ0n) is 21.8. The van der Waals surface area contributed by atoms with Gasteiger partial charge in [-0.2, -0.15) is 0 Å². The molecule has 3 heterocycles. The summed E-state index contributed by atoms with van der Waals surface area (Å²) < 4.78 is 2.36. The Morgan fingerprint density at radius 1 is 1.06 bits per heavy atom. The van der Waals surface area contributed by atoms with Crippen molar-refractivity contribution in [3.63, 3.8) is 0 Å². The topological polar surface area (TPSA) is 94.5 Å². The van der Waals surface area contributed by atoms with E-state index in [2.05, 4.69) is 49.7 Å². The highest BCUT2D eigenvalue weighted by atomic mass is 15.2. The van der Waals surface area contributed by atoms with Gasteiger partial charge >= 0.3 is 0 Å². The summed E-state index contributed by atoms with van der Waals surface area (Å²) in [6, 6.07) is 4.65. The highest BCUT2D eigenvalue weighted by Crippen LogP contribution is 2.36. The van der Waals surface area contributed by atoms with Crippen LogP contribution in [0, 0.1) is 17.8 Å². The lowest BCUT2D eigenvalue weighted by molar-refractivity contribution is 0.267. The van der Waals surface area contributed by atoms with Crippen molar-refractivity contribution in [2.75, 3.05) is 5.32 Å². The highest BCUT2D eigenvalue weighted by Gasteiger charge is 2.28. The van der Waals surface area contributed by atoms with Crippen molar-refractivity contribution in [3.8, 4) is 11.5 Å². The van der Waals surface area contributed by atoms with E-state index in [1.165, 1.54) is 50.5 Å². The maximum Gasteiger partial charge on any atom is 0.184 e. The van der Waals surface area contributed by atoms with Crippen LogP contribution in [0.4, 0.5) is 5.82 Å². The molecule has 0 saturated heterocycles.